The van der Waals surface area contributed by atoms with Gasteiger partial charge < -0.3 is 9.88 Å². The molecule has 2 rings (SSSR count). The Morgan fingerprint density at radius 3 is 2.67 bits per heavy atom. The summed E-state index contributed by atoms with van der Waals surface area (Å²) < 4.78 is 1.83. The molecule has 0 unspecified atom stereocenters. The number of nitriles is 2. The molecule has 0 bridgehead atoms. The minimum absolute atomic E-state index is 0.232. The molecule has 15 heavy (non-hydrogen) atoms. The second-order valence-corrected chi connectivity index (χ2v) is 3.55. The van der Waals surface area contributed by atoms with E-state index in [0.29, 0.717) is 11.7 Å². The molecular weight excluding hydrogens is 190 g/mol. The number of imidazole rings is 1. The van der Waals surface area contributed by atoms with E-state index >= 15 is 0 Å². The molecule has 1 saturated heterocycles. The zero-order chi connectivity index (χ0) is 10.7. The number of hydrogen-bond donors (Lipinski definition) is 1. The highest BCUT2D eigenvalue weighted by atomic mass is 15.1. The van der Waals surface area contributed by atoms with Crippen LogP contribution in [-0.4, -0.2) is 22.6 Å². The van der Waals surface area contributed by atoms with E-state index in [1.54, 1.807) is 6.33 Å². The fraction of sp³-hybridized carbons (Fsp3) is 0.500. The Morgan fingerprint density at radius 2 is 2.07 bits per heavy atom. The minimum Gasteiger partial charge on any atom is -0.318 e. The predicted octanol–water partition coefficient (Wildman–Crippen LogP) is 0.551. The number of hydrogen-bond acceptors (Lipinski definition) is 4. The Bertz CT molecular complexity index is 428. The van der Waals surface area contributed by atoms with Gasteiger partial charge in [0.2, 0.25) is 0 Å². The summed E-state index contributed by atoms with van der Waals surface area (Å²) in [5.74, 6) is 0. The lowest BCUT2D eigenvalue weighted by Crippen LogP contribution is -2.29. The largest absolute Gasteiger partial charge is 0.318 e. The van der Waals surface area contributed by atoms with Crippen LogP contribution in [0.3, 0.4) is 0 Å². The third kappa shape index (κ3) is 1.70. The average molecular weight is 201 g/mol. The summed E-state index contributed by atoms with van der Waals surface area (Å²) in [5.41, 5.74) is 0.625. The minimum atomic E-state index is 0.232. The molecule has 0 atom stereocenters. The summed E-state index contributed by atoms with van der Waals surface area (Å²) in [4.78, 5) is 3.94. The zero-order valence-electron chi connectivity index (χ0n) is 8.27. The molecule has 1 fully saturated rings. The quantitative estimate of drug-likeness (QED) is 0.719. The topological polar surface area (TPSA) is 77.4 Å². The number of rotatable bonds is 1. The van der Waals surface area contributed by atoms with E-state index in [-0.39, 0.29) is 5.69 Å². The van der Waals surface area contributed by atoms with Crippen LogP contribution in [0.25, 0.3) is 0 Å². The van der Waals surface area contributed by atoms with Crippen LogP contribution >= 0.6 is 0 Å². The van der Waals surface area contributed by atoms with Gasteiger partial charge in [-0.3, -0.25) is 0 Å². The van der Waals surface area contributed by atoms with Crippen LogP contribution in [0.4, 0.5) is 0 Å². The number of nitrogens with one attached hydrogen (secondary N) is 1. The van der Waals surface area contributed by atoms with Gasteiger partial charge in [0.25, 0.3) is 0 Å². The molecule has 76 valence electrons. The third-order valence-electron chi connectivity index (χ3n) is 2.71. The molecule has 1 N–H and O–H groups in total. The van der Waals surface area contributed by atoms with Crippen molar-refractivity contribution >= 4 is 0 Å². The number of piperidine rings is 1. The first-order chi connectivity index (χ1) is 7.36. The molecule has 5 heteroatoms. The molecule has 1 aliphatic rings. The summed E-state index contributed by atoms with van der Waals surface area (Å²) in [6.45, 7) is 1.91. The Kier molecular flexibility index (Phi) is 2.66. The van der Waals surface area contributed by atoms with Crippen LogP contribution in [0.2, 0.25) is 0 Å². The van der Waals surface area contributed by atoms with Gasteiger partial charge >= 0.3 is 0 Å². The Labute approximate surface area is 88.0 Å². The summed E-state index contributed by atoms with van der Waals surface area (Å²) in [6, 6.07) is 4.29. The predicted molar refractivity (Wildman–Crippen MR) is 52.8 cm³/mol. The fourth-order valence-electron chi connectivity index (χ4n) is 1.92. The van der Waals surface area contributed by atoms with Crippen LogP contribution in [0.1, 0.15) is 30.3 Å². The molecule has 0 aromatic carbocycles. The van der Waals surface area contributed by atoms with Crippen LogP contribution < -0.4 is 5.32 Å². The maximum Gasteiger partial charge on any atom is 0.176 e. The zero-order valence-corrected chi connectivity index (χ0v) is 8.27. The van der Waals surface area contributed by atoms with Crippen molar-refractivity contribution in [3.8, 4) is 12.1 Å². The van der Waals surface area contributed by atoms with E-state index in [1.165, 1.54) is 0 Å². The highest BCUT2D eigenvalue weighted by molar-refractivity contribution is 5.36. The second-order valence-electron chi connectivity index (χ2n) is 3.55. The normalized spacial score (nSPS) is 16.9. The standard InChI is InChI=1S/C10H11N5/c11-5-9-10(6-12)15(7-14-9)8-1-3-13-4-2-8/h7-8,13H,1-4H2. The van der Waals surface area contributed by atoms with E-state index in [1.807, 2.05) is 16.7 Å². The SMILES string of the molecule is N#Cc1ncn(C2CCNCC2)c1C#N. The number of nitrogens with zero attached hydrogens (tertiary/aromatic N) is 4. The Balaban J connectivity index is 2.32. The van der Waals surface area contributed by atoms with Gasteiger partial charge in [0.1, 0.15) is 12.1 Å². The van der Waals surface area contributed by atoms with Gasteiger partial charge in [0, 0.05) is 6.04 Å². The van der Waals surface area contributed by atoms with Crippen LogP contribution in [0, 0.1) is 22.7 Å². The summed E-state index contributed by atoms with van der Waals surface area (Å²) in [7, 11) is 0. The first kappa shape index (κ1) is 9.70. The van der Waals surface area contributed by atoms with E-state index in [4.69, 9.17) is 10.5 Å². The van der Waals surface area contributed by atoms with Gasteiger partial charge in [-0.25, -0.2) is 4.98 Å². The molecule has 2 heterocycles. The monoisotopic (exact) mass is 201 g/mol. The van der Waals surface area contributed by atoms with Crippen molar-refractivity contribution in [1.82, 2.24) is 14.9 Å². The van der Waals surface area contributed by atoms with E-state index in [0.717, 1.165) is 25.9 Å². The van der Waals surface area contributed by atoms with Crippen LogP contribution in [0.5, 0.6) is 0 Å². The van der Waals surface area contributed by atoms with Crippen molar-refractivity contribution in [2.24, 2.45) is 0 Å². The molecule has 1 aliphatic heterocycles. The summed E-state index contributed by atoms with van der Waals surface area (Å²) in [6.07, 6.45) is 3.57. The van der Waals surface area contributed by atoms with Gasteiger partial charge in [-0.1, -0.05) is 0 Å². The third-order valence-corrected chi connectivity index (χ3v) is 2.71. The van der Waals surface area contributed by atoms with Crippen molar-refractivity contribution in [1.29, 1.82) is 10.5 Å². The molecule has 5 nitrogen and oxygen atoms in total. The highest BCUT2D eigenvalue weighted by Gasteiger charge is 2.19. The maximum atomic E-state index is 8.97. The molecule has 0 saturated carbocycles. The van der Waals surface area contributed by atoms with Gasteiger partial charge in [0.15, 0.2) is 11.4 Å². The first-order valence-electron chi connectivity index (χ1n) is 4.94. The maximum absolute atomic E-state index is 8.97. The lowest BCUT2D eigenvalue weighted by Gasteiger charge is -2.24. The molecular formula is C10H11N5. The highest BCUT2D eigenvalue weighted by Crippen LogP contribution is 2.21. The van der Waals surface area contributed by atoms with Gasteiger partial charge in [-0.2, -0.15) is 10.5 Å². The fourth-order valence-corrected chi connectivity index (χ4v) is 1.92. The lowest BCUT2D eigenvalue weighted by atomic mass is 10.1. The molecule has 1 aromatic heterocycles. The Morgan fingerprint density at radius 1 is 1.33 bits per heavy atom. The van der Waals surface area contributed by atoms with E-state index in [9.17, 15) is 0 Å². The molecule has 0 aliphatic carbocycles. The van der Waals surface area contributed by atoms with Gasteiger partial charge in [-0.15, -0.1) is 0 Å². The van der Waals surface area contributed by atoms with Gasteiger partial charge in [0.05, 0.1) is 6.33 Å². The smallest absolute Gasteiger partial charge is 0.176 e. The summed E-state index contributed by atoms with van der Waals surface area (Å²) in [5, 5.41) is 21.0. The second kappa shape index (κ2) is 4.12. The number of aromatic nitrogens is 2. The summed E-state index contributed by atoms with van der Waals surface area (Å²) >= 11 is 0. The molecule has 1 aromatic rings. The van der Waals surface area contributed by atoms with Gasteiger partial charge in [-0.05, 0) is 25.9 Å². The molecule has 0 amide bonds. The molecule has 0 radical (unpaired) electrons. The van der Waals surface area contributed by atoms with Crippen molar-refractivity contribution in [3.05, 3.63) is 17.7 Å². The van der Waals surface area contributed by atoms with Crippen molar-refractivity contribution in [2.75, 3.05) is 13.1 Å². The van der Waals surface area contributed by atoms with Crippen molar-refractivity contribution < 1.29 is 0 Å². The van der Waals surface area contributed by atoms with Crippen molar-refractivity contribution in [2.45, 2.75) is 18.9 Å². The van der Waals surface area contributed by atoms with E-state index in [2.05, 4.69) is 10.3 Å². The van der Waals surface area contributed by atoms with Crippen LogP contribution in [-0.2, 0) is 0 Å². The first-order valence-corrected chi connectivity index (χ1v) is 4.94. The average Bonchev–Trinajstić information content (AvgIpc) is 2.72. The Hall–Kier alpha value is -1.85. The lowest BCUT2D eigenvalue weighted by molar-refractivity contribution is 0.366. The molecule has 0 spiro atoms. The van der Waals surface area contributed by atoms with Crippen molar-refractivity contribution in [3.63, 3.8) is 0 Å². The van der Waals surface area contributed by atoms with E-state index < -0.39 is 0 Å². The van der Waals surface area contributed by atoms with Crippen LogP contribution in [0.15, 0.2) is 6.33 Å².